The van der Waals surface area contributed by atoms with E-state index < -0.39 is 6.04 Å². The third-order valence-electron chi connectivity index (χ3n) is 4.38. The van der Waals surface area contributed by atoms with Gasteiger partial charge in [0.15, 0.2) is 5.78 Å². The summed E-state index contributed by atoms with van der Waals surface area (Å²) >= 11 is 0. The molecule has 5 nitrogen and oxygen atoms in total. The predicted molar refractivity (Wildman–Crippen MR) is 102 cm³/mol. The molecule has 2 rings (SSSR count). The highest BCUT2D eigenvalue weighted by molar-refractivity contribution is 6.01. The van der Waals surface area contributed by atoms with Gasteiger partial charge in [-0.05, 0) is 49.2 Å². The zero-order chi connectivity index (χ0) is 19.1. The van der Waals surface area contributed by atoms with Crippen LogP contribution < -0.4 is 10.6 Å². The van der Waals surface area contributed by atoms with E-state index in [2.05, 4.69) is 10.6 Å². The van der Waals surface area contributed by atoms with Gasteiger partial charge in [0, 0.05) is 16.8 Å². The molecule has 0 aliphatic carbocycles. The van der Waals surface area contributed by atoms with E-state index in [4.69, 9.17) is 0 Å². The second-order valence-electron chi connectivity index (χ2n) is 6.33. The summed E-state index contributed by atoms with van der Waals surface area (Å²) in [7, 11) is 0. The first kappa shape index (κ1) is 19.4. The topological polar surface area (TPSA) is 75.3 Å². The van der Waals surface area contributed by atoms with Crippen molar-refractivity contribution in [1.82, 2.24) is 5.32 Å². The van der Waals surface area contributed by atoms with Gasteiger partial charge in [-0.1, -0.05) is 38.5 Å². The van der Waals surface area contributed by atoms with Gasteiger partial charge in [0.05, 0.1) is 0 Å². The minimum Gasteiger partial charge on any atom is -0.340 e. The largest absolute Gasteiger partial charge is 0.340 e. The van der Waals surface area contributed by atoms with Gasteiger partial charge in [0.25, 0.3) is 5.91 Å². The van der Waals surface area contributed by atoms with Crippen LogP contribution in [0.15, 0.2) is 54.6 Å². The van der Waals surface area contributed by atoms with Crippen molar-refractivity contribution in [3.05, 3.63) is 65.7 Å². The molecule has 0 bridgehead atoms. The first-order valence-corrected chi connectivity index (χ1v) is 8.70. The highest BCUT2D eigenvalue weighted by Gasteiger charge is 2.26. The standard InChI is InChI=1S/C21H24N2O3/c1-4-14(2)19(23-20(25)17-8-6-5-7-9-17)21(26)22-18-12-10-16(11-13-18)15(3)24/h5-14,19H,4H2,1-3H3,(H,22,26)(H,23,25). The molecule has 0 aliphatic heterocycles. The number of hydrogen-bond donors (Lipinski definition) is 2. The summed E-state index contributed by atoms with van der Waals surface area (Å²) in [5.41, 5.74) is 1.68. The van der Waals surface area contributed by atoms with Crippen LogP contribution in [0.3, 0.4) is 0 Å². The van der Waals surface area contributed by atoms with Gasteiger partial charge >= 0.3 is 0 Å². The maximum atomic E-state index is 12.7. The fraction of sp³-hybridized carbons (Fsp3) is 0.286. The fourth-order valence-corrected chi connectivity index (χ4v) is 2.52. The molecule has 0 spiro atoms. The number of carbonyl (C=O) groups is 3. The molecule has 136 valence electrons. The van der Waals surface area contributed by atoms with Crippen LogP contribution in [0.4, 0.5) is 5.69 Å². The Hall–Kier alpha value is -2.95. The van der Waals surface area contributed by atoms with Crippen molar-refractivity contribution in [2.24, 2.45) is 5.92 Å². The number of benzene rings is 2. The Morgan fingerprint density at radius 3 is 2.08 bits per heavy atom. The highest BCUT2D eigenvalue weighted by atomic mass is 16.2. The van der Waals surface area contributed by atoms with E-state index in [1.54, 1.807) is 48.5 Å². The van der Waals surface area contributed by atoms with Crippen LogP contribution in [-0.4, -0.2) is 23.6 Å². The van der Waals surface area contributed by atoms with Crippen LogP contribution in [0, 0.1) is 5.92 Å². The van der Waals surface area contributed by atoms with Crippen LogP contribution in [0.25, 0.3) is 0 Å². The van der Waals surface area contributed by atoms with Crippen LogP contribution >= 0.6 is 0 Å². The third kappa shape index (κ3) is 5.02. The van der Waals surface area contributed by atoms with Crippen molar-refractivity contribution >= 4 is 23.3 Å². The average Bonchev–Trinajstić information content (AvgIpc) is 2.66. The minimum absolute atomic E-state index is 0.0286. The minimum atomic E-state index is -0.653. The number of ketones is 1. The molecule has 2 N–H and O–H groups in total. The van der Waals surface area contributed by atoms with E-state index >= 15 is 0 Å². The Labute approximate surface area is 153 Å². The number of nitrogens with one attached hydrogen (secondary N) is 2. The summed E-state index contributed by atoms with van der Waals surface area (Å²) in [6.45, 7) is 5.39. The van der Waals surface area contributed by atoms with Crippen molar-refractivity contribution in [1.29, 1.82) is 0 Å². The maximum Gasteiger partial charge on any atom is 0.251 e. The van der Waals surface area contributed by atoms with Crippen LogP contribution in [0.1, 0.15) is 47.9 Å². The van der Waals surface area contributed by atoms with Gasteiger partial charge in [0.1, 0.15) is 6.04 Å². The van der Waals surface area contributed by atoms with Crippen LogP contribution in [0.5, 0.6) is 0 Å². The lowest BCUT2D eigenvalue weighted by Crippen LogP contribution is -2.47. The second-order valence-corrected chi connectivity index (χ2v) is 6.33. The first-order chi connectivity index (χ1) is 12.4. The number of anilines is 1. The number of carbonyl (C=O) groups excluding carboxylic acids is 3. The first-order valence-electron chi connectivity index (χ1n) is 8.70. The molecule has 0 aromatic heterocycles. The highest BCUT2D eigenvalue weighted by Crippen LogP contribution is 2.14. The number of Topliss-reactive ketones (excluding diaryl/α,β-unsaturated/α-hetero) is 1. The molecule has 2 amide bonds. The van der Waals surface area contributed by atoms with Crippen molar-refractivity contribution in [2.45, 2.75) is 33.2 Å². The fourth-order valence-electron chi connectivity index (χ4n) is 2.52. The summed E-state index contributed by atoms with van der Waals surface area (Å²) in [6, 6.07) is 14.9. The molecule has 0 aliphatic rings. The molecule has 26 heavy (non-hydrogen) atoms. The molecule has 0 saturated heterocycles. The molecule has 0 heterocycles. The Morgan fingerprint density at radius 2 is 1.54 bits per heavy atom. The average molecular weight is 352 g/mol. The molecule has 2 aromatic carbocycles. The maximum absolute atomic E-state index is 12.7. The lowest BCUT2D eigenvalue weighted by molar-refractivity contribution is -0.119. The van der Waals surface area contributed by atoms with E-state index in [0.29, 0.717) is 16.8 Å². The van der Waals surface area contributed by atoms with Gasteiger partial charge in [-0.15, -0.1) is 0 Å². The quantitative estimate of drug-likeness (QED) is 0.747. The molecular weight excluding hydrogens is 328 g/mol. The van der Waals surface area contributed by atoms with Crippen molar-refractivity contribution in [3.63, 3.8) is 0 Å². The summed E-state index contributed by atoms with van der Waals surface area (Å²) in [6.07, 6.45) is 0.746. The van der Waals surface area contributed by atoms with Gasteiger partial charge < -0.3 is 10.6 Å². The normalized spacial score (nSPS) is 12.7. The van der Waals surface area contributed by atoms with Gasteiger partial charge in [-0.2, -0.15) is 0 Å². The second kappa shape index (κ2) is 8.94. The monoisotopic (exact) mass is 352 g/mol. The van der Waals surface area contributed by atoms with Crippen LogP contribution in [0.2, 0.25) is 0 Å². The van der Waals surface area contributed by atoms with Crippen LogP contribution in [-0.2, 0) is 4.79 Å². The Balaban J connectivity index is 2.11. The number of rotatable bonds is 7. The Kier molecular flexibility index (Phi) is 6.67. The summed E-state index contributed by atoms with van der Waals surface area (Å²) in [5, 5.41) is 5.64. The smallest absolute Gasteiger partial charge is 0.251 e. The summed E-state index contributed by atoms with van der Waals surface area (Å²) in [5.74, 6) is -0.619. The van der Waals surface area contributed by atoms with E-state index in [-0.39, 0.29) is 23.5 Å². The van der Waals surface area contributed by atoms with E-state index in [1.165, 1.54) is 6.92 Å². The summed E-state index contributed by atoms with van der Waals surface area (Å²) < 4.78 is 0. The van der Waals surface area contributed by atoms with Crippen molar-refractivity contribution < 1.29 is 14.4 Å². The van der Waals surface area contributed by atoms with Gasteiger partial charge in [-0.25, -0.2) is 0 Å². The van der Waals surface area contributed by atoms with E-state index in [0.717, 1.165) is 6.42 Å². The SMILES string of the molecule is CCC(C)C(NC(=O)c1ccccc1)C(=O)Nc1ccc(C(C)=O)cc1. The van der Waals surface area contributed by atoms with Gasteiger partial charge in [0.2, 0.25) is 5.91 Å². The zero-order valence-electron chi connectivity index (χ0n) is 15.3. The molecule has 0 radical (unpaired) electrons. The zero-order valence-corrected chi connectivity index (χ0v) is 15.3. The molecule has 0 saturated carbocycles. The Bertz CT molecular complexity index is 770. The van der Waals surface area contributed by atoms with Crippen molar-refractivity contribution in [2.75, 3.05) is 5.32 Å². The molecule has 2 aromatic rings. The van der Waals surface area contributed by atoms with Crippen molar-refractivity contribution in [3.8, 4) is 0 Å². The van der Waals surface area contributed by atoms with E-state index in [9.17, 15) is 14.4 Å². The third-order valence-corrected chi connectivity index (χ3v) is 4.38. The predicted octanol–water partition coefficient (Wildman–Crippen LogP) is 3.67. The number of amides is 2. The van der Waals surface area contributed by atoms with Gasteiger partial charge in [-0.3, -0.25) is 14.4 Å². The molecule has 0 fully saturated rings. The molecule has 2 unspecified atom stereocenters. The molecular formula is C21H24N2O3. The number of hydrogen-bond acceptors (Lipinski definition) is 3. The van der Waals surface area contributed by atoms with E-state index in [1.807, 2.05) is 19.9 Å². The lowest BCUT2D eigenvalue weighted by Gasteiger charge is -2.23. The lowest BCUT2D eigenvalue weighted by atomic mass is 9.97. The Morgan fingerprint density at radius 1 is 0.923 bits per heavy atom. The summed E-state index contributed by atoms with van der Waals surface area (Å²) in [4.78, 5) is 36.5. The molecule has 5 heteroatoms. The molecule has 2 atom stereocenters.